The monoisotopic (exact) mass is 242 g/mol. The molecule has 0 saturated heterocycles. The lowest BCUT2D eigenvalue weighted by Gasteiger charge is -2.05. The lowest BCUT2D eigenvalue weighted by atomic mass is 10.0. The maximum Gasteiger partial charge on any atom is 0.0337 e. The third kappa shape index (κ3) is 3.52. The first-order chi connectivity index (χ1) is 8.31. The van der Waals surface area contributed by atoms with E-state index >= 15 is 0 Å². The molecule has 0 heterocycles. The van der Waals surface area contributed by atoms with E-state index in [4.69, 9.17) is 0 Å². The number of anilines is 2. The van der Waals surface area contributed by atoms with Crippen molar-refractivity contribution in [3.05, 3.63) is 59.7 Å². The molecule has 2 aromatic rings. The summed E-state index contributed by atoms with van der Waals surface area (Å²) < 4.78 is 0. The summed E-state index contributed by atoms with van der Waals surface area (Å²) in [5.41, 5.74) is 4.97. The molecule has 0 aliphatic carbocycles. The molecule has 0 aromatic heterocycles. The van der Waals surface area contributed by atoms with Crippen LogP contribution < -0.4 is 10.6 Å². The Bertz CT molecular complexity index is 412. The summed E-state index contributed by atoms with van der Waals surface area (Å²) in [7, 11) is 3.87. The molecule has 18 heavy (non-hydrogen) atoms. The van der Waals surface area contributed by atoms with Crippen LogP contribution in [-0.2, 0) is 6.42 Å². The Morgan fingerprint density at radius 3 is 1.28 bits per heavy atom. The van der Waals surface area contributed by atoms with E-state index in [0.717, 1.165) is 17.8 Å². The van der Waals surface area contributed by atoms with Gasteiger partial charge in [0.15, 0.2) is 0 Å². The fourth-order valence-electron chi connectivity index (χ4n) is 1.81. The van der Waals surface area contributed by atoms with Gasteiger partial charge in [0.25, 0.3) is 0 Å². The van der Waals surface area contributed by atoms with Gasteiger partial charge in [-0.1, -0.05) is 31.7 Å². The lowest BCUT2D eigenvalue weighted by molar-refractivity contribution is 1.19. The molecule has 0 atom stereocenters. The van der Waals surface area contributed by atoms with Gasteiger partial charge in [0, 0.05) is 25.5 Å². The largest absolute Gasteiger partial charge is 0.388 e. The van der Waals surface area contributed by atoms with Crippen molar-refractivity contribution in [2.24, 2.45) is 0 Å². The van der Waals surface area contributed by atoms with E-state index in [1.807, 2.05) is 14.1 Å². The summed E-state index contributed by atoms with van der Waals surface area (Å²) >= 11 is 0. The van der Waals surface area contributed by atoms with Gasteiger partial charge in [0.2, 0.25) is 0 Å². The van der Waals surface area contributed by atoms with Crippen LogP contribution in [0, 0.1) is 0 Å². The van der Waals surface area contributed by atoms with Gasteiger partial charge in [0.1, 0.15) is 0 Å². The highest BCUT2D eigenvalue weighted by atomic mass is 14.8. The molecule has 2 N–H and O–H groups in total. The van der Waals surface area contributed by atoms with Crippen molar-refractivity contribution in [2.75, 3.05) is 24.7 Å². The van der Waals surface area contributed by atoms with E-state index in [1.54, 1.807) is 0 Å². The highest BCUT2D eigenvalue weighted by Gasteiger charge is 1.97. The summed E-state index contributed by atoms with van der Waals surface area (Å²) in [6, 6.07) is 17.1. The van der Waals surface area contributed by atoms with Crippen LogP contribution in [0.25, 0.3) is 0 Å². The molecule has 0 saturated carbocycles. The van der Waals surface area contributed by atoms with Gasteiger partial charge in [0.05, 0.1) is 0 Å². The third-order valence-corrected chi connectivity index (χ3v) is 2.89. The maximum atomic E-state index is 3.12. The van der Waals surface area contributed by atoms with Crippen molar-refractivity contribution in [2.45, 2.75) is 13.8 Å². The molecule has 2 rings (SSSR count). The van der Waals surface area contributed by atoms with Gasteiger partial charge in [-0.15, -0.1) is 0 Å². The standard InChI is InChI=1S/C15H18N2.CH4/c1-16-14-7-3-12(4-8-14)11-13-5-9-15(17-2)10-6-13;/h3-10,16-17H,11H2,1-2H3;1H4. The second-order valence-corrected chi connectivity index (χ2v) is 4.07. The summed E-state index contributed by atoms with van der Waals surface area (Å²) in [5, 5.41) is 6.25. The lowest BCUT2D eigenvalue weighted by Crippen LogP contribution is -1.92. The first-order valence-corrected chi connectivity index (χ1v) is 5.85. The van der Waals surface area contributed by atoms with Gasteiger partial charge in [-0.05, 0) is 41.8 Å². The molecule has 2 heteroatoms. The van der Waals surface area contributed by atoms with Crippen LogP contribution in [0.3, 0.4) is 0 Å². The van der Waals surface area contributed by atoms with Gasteiger partial charge >= 0.3 is 0 Å². The molecule has 2 aromatic carbocycles. The van der Waals surface area contributed by atoms with Crippen molar-refractivity contribution in [3.63, 3.8) is 0 Å². The average Bonchev–Trinajstić information content (AvgIpc) is 2.40. The van der Waals surface area contributed by atoms with E-state index in [1.165, 1.54) is 11.1 Å². The minimum absolute atomic E-state index is 0. The normalized spacial score (nSPS) is 9.44. The Labute approximate surface area is 110 Å². The quantitative estimate of drug-likeness (QED) is 0.847. The molecule has 0 aliphatic rings. The van der Waals surface area contributed by atoms with Gasteiger partial charge in [-0.2, -0.15) is 0 Å². The van der Waals surface area contributed by atoms with E-state index < -0.39 is 0 Å². The smallest absolute Gasteiger partial charge is 0.0337 e. The zero-order valence-electron chi connectivity index (χ0n) is 10.3. The van der Waals surface area contributed by atoms with E-state index in [0.29, 0.717) is 0 Å². The molecule has 2 nitrogen and oxygen atoms in total. The fourth-order valence-corrected chi connectivity index (χ4v) is 1.81. The summed E-state index contributed by atoms with van der Waals surface area (Å²) in [5.74, 6) is 0. The Balaban J connectivity index is 0.00000162. The third-order valence-electron chi connectivity index (χ3n) is 2.89. The maximum absolute atomic E-state index is 3.12. The van der Waals surface area contributed by atoms with Gasteiger partial charge < -0.3 is 10.6 Å². The number of benzene rings is 2. The minimum Gasteiger partial charge on any atom is -0.388 e. The summed E-state index contributed by atoms with van der Waals surface area (Å²) in [6.07, 6.45) is 0.980. The van der Waals surface area contributed by atoms with Crippen LogP contribution in [0.2, 0.25) is 0 Å². The van der Waals surface area contributed by atoms with Crippen molar-refractivity contribution in [1.29, 1.82) is 0 Å². The number of hydrogen-bond donors (Lipinski definition) is 2. The number of rotatable bonds is 4. The zero-order chi connectivity index (χ0) is 12.1. The van der Waals surface area contributed by atoms with Crippen molar-refractivity contribution < 1.29 is 0 Å². The highest BCUT2D eigenvalue weighted by Crippen LogP contribution is 2.15. The van der Waals surface area contributed by atoms with Gasteiger partial charge in [-0.25, -0.2) is 0 Å². The molecule has 0 bridgehead atoms. The highest BCUT2D eigenvalue weighted by molar-refractivity contribution is 5.46. The fraction of sp³-hybridized carbons (Fsp3) is 0.250. The Kier molecular flexibility index (Phi) is 5.25. The van der Waals surface area contributed by atoms with Crippen LogP contribution in [0.15, 0.2) is 48.5 Å². The Hall–Kier alpha value is -1.96. The zero-order valence-corrected chi connectivity index (χ0v) is 10.3. The molecule has 0 radical (unpaired) electrons. The van der Waals surface area contributed by atoms with E-state index in [2.05, 4.69) is 59.2 Å². The van der Waals surface area contributed by atoms with Crippen LogP contribution in [0.5, 0.6) is 0 Å². The SMILES string of the molecule is C.CNc1ccc(Cc2ccc(NC)cc2)cc1. The average molecular weight is 242 g/mol. The molecule has 0 aliphatic heterocycles. The predicted molar refractivity (Wildman–Crippen MR) is 81.5 cm³/mol. The molecule has 0 spiro atoms. The van der Waals surface area contributed by atoms with Crippen LogP contribution in [0.1, 0.15) is 18.6 Å². The van der Waals surface area contributed by atoms with Crippen molar-refractivity contribution >= 4 is 11.4 Å². The van der Waals surface area contributed by atoms with Crippen LogP contribution >= 0.6 is 0 Å². The number of hydrogen-bond acceptors (Lipinski definition) is 2. The van der Waals surface area contributed by atoms with E-state index in [-0.39, 0.29) is 7.43 Å². The topological polar surface area (TPSA) is 24.1 Å². The number of nitrogens with one attached hydrogen (secondary N) is 2. The summed E-state index contributed by atoms with van der Waals surface area (Å²) in [4.78, 5) is 0. The van der Waals surface area contributed by atoms with Crippen molar-refractivity contribution in [1.82, 2.24) is 0 Å². The van der Waals surface area contributed by atoms with E-state index in [9.17, 15) is 0 Å². The molecule has 0 amide bonds. The first-order valence-electron chi connectivity index (χ1n) is 5.85. The first kappa shape index (κ1) is 14.1. The van der Waals surface area contributed by atoms with Crippen LogP contribution in [0.4, 0.5) is 11.4 Å². The second kappa shape index (κ2) is 6.70. The Morgan fingerprint density at radius 2 is 1.00 bits per heavy atom. The van der Waals surface area contributed by atoms with Gasteiger partial charge in [-0.3, -0.25) is 0 Å². The second-order valence-electron chi connectivity index (χ2n) is 4.07. The predicted octanol–water partition coefficient (Wildman–Crippen LogP) is 4.00. The molecular weight excluding hydrogens is 220 g/mol. The van der Waals surface area contributed by atoms with Crippen LogP contribution in [-0.4, -0.2) is 14.1 Å². The van der Waals surface area contributed by atoms with Crippen molar-refractivity contribution in [3.8, 4) is 0 Å². The Morgan fingerprint density at radius 1 is 0.667 bits per heavy atom. The minimum atomic E-state index is 0. The molecule has 0 fully saturated rings. The molecule has 96 valence electrons. The summed E-state index contributed by atoms with van der Waals surface area (Å²) in [6.45, 7) is 0. The molecular formula is C16H22N2. The molecule has 0 unspecified atom stereocenters.